The fourth-order valence-corrected chi connectivity index (χ4v) is 4.07. The van der Waals surface area contributed by atoms with Gasteiger partial charge in [-0.2, -0.15) is 18.4 Å². The van der Waals surface area contributed by atoms with Crippen molar-refractivity contribution < 1.29 is 27.4 Å². The molecule has 32 heavy (non-hydrogen) atoms. The molecule has 1 saturated heterocycles. The van der Waals surface area contributed by atoms with E-state index >= 15 is 0 Å². The summed E-state index contributed by atoms with van der Waals surface area (Å²) in [6.07, 6.45) is -2.51. The van der Waals surface area contributed by atoms with Crippen molar-refractivity contribution in [1.29, 1.82) is 5.26 Å². The van der Waals surface area contributed by atoms with Crippen LogP contribution in [0.15, 0.2) is 48.5 Å². The Balaban J connectivity index is 1.59. The number of hydrogen-bond acceptors (Lipinski definition) is 5. The SMILES string of the molecule is CN1CCC[C@@H](COC(=O)Cc2ccc(OCC#N)cc2)[C@@H]1c1ccc(C(F)(F)F)cc1. The molecule has 0 unspecified atom stereocenters. The summed E-state index contributed by atoms with van der Waals surface area (Å²) in [5, 5.41) is 8.54. The minimum atomic E-state index is -4.37. The molecular weight excluding hydrogens is 421 g/mol. The van der Waals surface area contributed by atoms with E-state index in [-0.39, 0.29) is 37.6 Å². The van der Waals surface area contributed by atoms with Gasteiger partial charge in [-0.25, -0.2) is 0 Å². The van der Waals surface area contributed by atoms with E-state index in [9.17, 15) is 18.0 Å². The van der Waals surface area contributed by atoms with Gasteiger partial charge in [-0.3, -0.25) is 9.69 Å². The van der Waals surface area contributed by atoms with Gasteiger partial charge >= 0.3 is 12.1 Å². The summed E-state index contributed by atoms with van der Waals surface area (Å²) in [5.74, 6) is 0.180. The number of carbonyl (C=O) groups excluding carboxylic acids is 1. The standard InChI is InChI=1S/C24H25F3N2O3/c1-29-13-2-3-19(23(29)18-6-8-20(9-7-18)24(25,26)27)16-32-22(30)15-17-4-10-21(11-5-17)31-14-12-28/h4-11,19,23H,2-3,13-16H2,1H3/t19-,23-/m0/s1. The summed E-state index contributed by atoms with van der Waals surface area (Å²) in [7, 11) is 1.94. The third kappa shape index (κ3) is 6.24. The number of esters is 1. The van der Waals surface area contributed by atoms with Crippen molar-refractivity contribution in [2.45, 2.75) is 31.5 Å². The molecule has 170 valence electrons. The molecule has 2 atom stereocenters. The molecule has 0 radical (unpaired) electrons. The Morgan fingerprint density at radius 2 is 1.84 bits per heavy atom. The number of carbonyl (C=O) groups is 1. The van der Waals surface area contributed by atoms with Crippen molar-refractivity contribution in [3.63, 3.8) is 0 Å². The maximum Gasteiger partial charge on any atom is 0.416 e. The number of piperidine rings is 1. The zero-order valence-electron chi connectivity index (χ0n) is 17.8. The summed E-state index contributed by atoms with van der Waals surface area (Å²) in [5.41, 5.74) is 0.875. The average molecular weight is 446 g/mol. The summed E-state index contributed by atoms with van der Waals surface area (Å²) in [6, 6.07) is 13.9. The molecule has 1 heterocycles. The highest BCUT2D eigenvalue weighted by atomic mass is 19.4. The highest BCUT2D eigenvalue weighted by Crippen LogP contribution is 2.37. The highest BCUT2D eigenvalue weighted by molar-refractivity contribution is 5.72. The molecule has 0 aromatic heterocycles. The fraction of sp³-hybridized carbons (Fsp3) is 0.417. The van der Waals surface area contributed by atoms with Gasteiger partial charge in [0.25, 0.3) is 0 Å². The number of alkyl halides is 3. The minimum Gasteiger partial charge on any atom is -0.479 e. The molecule has 8 heteroatoms. The van der Waals surface area contributed by atoms with Gasteiger partial charge in [-0.15, -0.1) is 0 Å². The molecule has 0 N–H and O–H groups in total. The van der Waals surface area contributed by atoms with Crippen molar-refractivity contribution in [3.05, 3.63) is 65.2 Å². The number of nitriles is 1. The monoisotopic (exact) mass is 446 g/mol. The molecule has 2 aromatic rings. The van der Waals surface area contributed by atoms with Crippen LogP contribution in [0.2, 0.25) is 0 Å². The molecule has 1 aliphatic heterocycles. The van der Waals surface area contributed by atoms with Crippen molar-refractivity contribution in [2.75, 3.05) is 26.8 Å². The number of hydrogen-bond donors (Lipinski definition) is 0. The van der Waals surface area contributed by atoms with E-state index in [1.165, 1.54) is 12.1 Å². The Kier molecular flexibility index (Phi) is 7.75. The number of nitrogens with zero attached hydrogens (tertiary/aromatic N) is 2. The number of ether oxygens (including phenoxy) is 2. The van der Waals surface area contributed by atoms with Crippen LogP contribution in [-0.2, 0) is 22.1 Å². The molecule has 5 nitrogen and oxygen atoms in total. The fourth-order valence-electron chi connectivity index (χ4n) is 4.07. The maximum atomic E-state index is 12.9. The number of rotatable bonds is 7. The second-order valence-corrected chi connectivity index (χ2v) is 7.90. The van der Waals surface area contributed by atoms with Crippen LogP contribution >= 0.6 is 0 Å². The van der Waals surface area contributed by atoms with Gasteiger partial charge < -0.3 is 9.47 Å². The van der Waals surface area contributed by atoms with Gasteiger partial charge in [0.1, 0.15) is 11.8 Å². The van der Waals surface area contributed by atoms with Crippen LogP contribution in [0, 0.1) is 17.2 Å². The molecule has 0 spiro atoms. The first-order chi connectivity index (χ1) is 15.3. The zero-order valence-corrected chi connectivity index (χ0v) is 17.8. The third-order valence-corrected chi connectivity index (χ3v) is 5.62. The van der Waals surface area contributed by atoms with E-state index in [4.69, 9.17) is 14.7 Å². The number of likely N-dealkylation sites (tertiary alicyclic amines) is 1. The lowest BCUT2D eigenvalue weighted by molar-refractivity contribution is -0.145. The normalized spacial score (nSPS) is 19.2. The molecule has 1 fully saturated rings. The van der Waals surface area contributed by atoms with Crippen molar-refractivity contribution >= 4 is 5.97 Å². The van der Waals surface area contributed by atoms with Crippen molar-refractivity contribution in [3.8, 4) is 11.8 Å². The first-order valence-corrected chi connectivity index (χ1v) is 10.4. The van der Waals surface area contributed by atoms with Crippen LogP contribution in [0.25, 0.3) is 0 Å². The van der Waals surface area contributed by atoms with Gasteiger partial charge in [-0.1, -0.05) is 24.3 Å². The Morgan fingerprint density at radius 1 is 1.16 bits per heavy atom. The second-order valence-electron chi connectivity index (χ2n) is 7.90. The number of halogens is 3. The van der Waals surface area contributed by atoms with Gasteiger partial charge in [-0.05, 0) is 61.8 Å². The maximum absolute atomic E-state index is 12.9. The smallest absolute Gasteiger partial charge is 0.416 e. The Hall–Kier alpha value is -3.05. The van der Waals surface area contributed by atoms with E-state index in [2.05, 4.69) is 4.90 Å². The first kappa shape index (κ1) is 23.6. The molecule has 0 saturated carbocycles. The minimum absolute atomic E-state index is 0.00352. The van der Waals surface area contributed by atoms with E-state index in [1.807, 2.05) is 13.1 Å². The zero-order chi connectivity index (χ0) is 23.1. The Bertz CT molecular complexity index is 937. The molecule has 0 aliphatic carbocycles. The summed E-state index contributed by atoms with van der Waals surface area (Å²) in [6.45, 7) is 0.992. The van der Waals surface area contributed by atoms with Gasteiger partial charge in [0.2, 0.25) is 0 Å². The summed E-state index contributed by atoms with van der Waals surface area (Å²) in [4.78, 5) is 14.5. The molecule has 3 rings (SSSR count). The van der Waals surface area contributed by atoms with Crippen LogP contribution in [0.5, 0.6) is 5.75 Å². The van der Waals surface area contributed by atoms with Gasteiger partial charge in [0.05, 0.1) is 18.6 Å². The lowest BCUT2D eigenvalue weighted by Gasteiger charge is -2.39. The van der Waals surface area contributed by atoms with E-state index in [0.717, 1.165) is 42.6 Å². The van der Waals surface area contributed by atoms with Crippen LogP contribution in [-0.4, -0.2) is 37.7 Å². The second kappa shape index (κ2) is 10.5. The van der Waals surface area contributed by atoms with Crippen LogP contribution in [0.3, 0.4) is 0 Å². The van der Waals surface area contributed by atoms with E-state index in [1.54, 1.807) is 24.3 Å². The van der Waals surface area contributed by atoms with E-state index in [0.29, 0.717) is 5.75 Å². The Labute approximate surface area is 185 Å². The van der Waals surface area contributed by atoms with Crippen LogP contribution < -0.4 is 4.74 Å². The quantitative estimate of drug-likeness (QED) is 0.573. The molecule has 0 bridgehead atoms. The number of benzene rings is 2. The first-order valence-electron chi connectivity index (χ1n) is 10.4. The average Bonchev–Trinajstić information content (AvgIpc) is 2.77. The van der Waals surface area contributed by atoms with E-state index < -0.39 is 11.7 Å². The lowest BCUT2D eigenvalue weighted by Crippen LogP contribution is -2.38. The molecule has 2 aromatic carbocycles. The van der Waals surface area contributed by atoms with Gasteiger partial charge in [0.15, 0.2) is 6.61 Å². The molecule has 0 amide bonds. The third-order valence-electron chi connectivity index (χ3n) is 5.62. The summed E-state index contributed by atoms with van der Waals surface area (Å²) >= 11 is 0. The van der Waals surface area contributed by atoms with Crippen LogP contribution in [0.1, 0.15) is 35.6 Å². The molecule has 1 aliphatic rings. The summed E-state index contributed by atoms with van der Waals surface area (Å²) < 4.78 is 49.4. The molecular formula is C24H25F3N2O3. The van der Waals surface area contributed by atoms with Crippen LogP contribution in [0.4, 0.5) is 13.2 Å². The van der Waals surface area contributed by atoms with Crippen molar-refractivity contribution in [1.82, 2.24) is 4.90 Å². The van der Waals surface area contributed by atoms with Gasteiger partial charge in [0, 0.05) is 12.0 Å². The predicted octanol–water partition coefficient (Wildman–Crippen LogP) is 4.78. The lowest BCUT2D eigenvalue weighted by atomic mass is 9.85. The predicted molar refractivity (Wildman–Crippen MR) is 112 cm³/mol. The Morgan fingerprint density at radius 3 is 2.47 bits per heavy atom. The highest BCUT2D eigenvalue weighted by Gasteiger charge is 2.33. The largest absolute Gasteiger partial charge is 0.479 e. The van der Waals surface area contributed by atoms with Crippen molar-refractivity contribution in [2.24, 2.45) is 5.92 Å². The topological polar surface area (TPSA) is 62.6 Å².